The van der Waals surface area contributed by atoms with E-state index in [0.29, 0.717) is 29.6 Å². The molecule has 1 aliphatic carbocycles. The zero-order valence-electron chi connectivity index (χ0n) is 30.6. The van der Waals surface area contributed by atoms with E-state index >= 15 is 0 Å². The lowest BCUT2D eigenvalue weighted by Gasteiger charge is -2.33. The van der Waals surface area contributed by atoms with Gasteiger partial charge in [-0.1, -0.05) is 78.3 Å². The number of pyridine rings is 1. The van der Waals surface area contributed by atoms with Crippen LogP contribution in [0.15, 0.2) is 90.6 Å². The lowest BCUT2D eigenvalue weighted by Crippen LogP contribution is -2.21. The van der Waals surface area contributed by atoms with Crippen LogP contribution in [0.3, 0.4) is 0 Å². The second-order valence-corrected chi connectivity index (χ2v) is 15.0. The van der Waals surface area contributed by atoms with Gasteiger partial charge in [-0.05, 0) is 104 Å². The minimum Gasteiger partial charge on any atom is -0.457 e. The van der Waals surface area contributed by atoms with Crippen LogP contribution < -0.4 is 4.74 Å². The zero-order chi connectivity index (χ0) is 34.6. The first kappa shape index (κ1) is 32.9. The largest absolute Gasteiger partial charge is 0.457 e. The average molecular weight is 651 g/mol. The highest BCUT2D eigenvalue weighted by Gasteiger charge is 2.33. The van der Waals surface area contributed by atoms with Crippen LogP contribution in [0.5, 0.6) is 11.5 Å². The smallest absolute Gasteiger partial charge is 0.137 e. The summed E-state index contributed by atoms with van der Waals surface area (Å²) in [7, 11) is 0. The van der Waals surface area contributed by atoms with Crippen molar-refractivity contribution in [1.29, 1.82) is 0 Å². The van der Waals surface area contributed by atoms with Crippen molar-refractivity contribution in [3.05, 3.63) is 119 Å². The number of benzene rings is 3. The Hall–Kier alpha value is -4.64. The van der Waals surface area contributed by atoms with Crippen LogP contribution in [0.25, 0.3) is 33.3 Å². The van der Waals surface area contributed by atoms with Gasteiger partial charge >= 0.3 is 0 Å². The van der Waals surface area contributed by atoms with Crippen molar-refractivity contribution >= 4 is 21.8 Å². The molecule has 7 rings (SSSR count). The molecule has 6 aromatic rings. The van der Waals surface area contributed by atoms with E-state index in [4.69, 9.17) is 14.8 Å². The molecule has 0 N–H and O–H groups in total. The summed E-state index contributed by atoms with van der Waals surface area (Å²) in [5.41, 5.74) is 11.1. The van der Waals surface area contributed by atoms with E-state index in [0.717, 1.165) is 46.2 Å². The predicted octanol–water partition coefficient (Wildman–Crippen LogP) is 12.0. The lowest BCUT2D eigenvalue weighted by atomic mass is 9.71. The third-order valence-electron chi connectivity index (χ3n) is 10.5. The monoisotopic (exact) mass is 650 g/mol. The van der Waals surface area contributed by atoms with Crippen LogP contribution in [-0.4, -0.2) is 19.3 Å². The molecule has 5 nitrogen and oxygen atoms in total. The second kappa shape index (κ2) is 13.0. The molecule has 3 heterocycles. The van der Waals surface area contributed by atoms with Gasteiger partial charge in [0.2, 0.25) is 0 Å². The standard InChI is InChI=1S/C44H50N4O/c1-10-32-17-18-45-41(21-32)47-39-14-12-11-13-37(39)38-16-15-35(25-40(38)47)49-36-23-33(26(2)3)22-34(24-36)48-44(27(4)5)43(31(9)46-48)42-29(7)19-28(6)20-30(42)8/h11-19,21-28,30,42H,10,20H2,1-9H3/t28-,30?,42-/m0/s1. The van der Waals surface area contributed by atoms with Crippen molar-refractivity contribution < 1.29 is 4.74 Å². The van der Waals surface area contributed by atoms with Gasteiger partial charge in [0.15, 0.2) is 0 Å². The van der Waals surface area contributed by atoms with E-state index in [9.17, 15) is 0 Å². The van der Waals surface area contributed by atoms with Crippen LogP contribution in [0.1, 0.15) is 108 Å². The van der Waals surface area contributed by atoms with E-state index in [1.54, 1.807) is 0 Å². The molecule has 0 saturated carbocycles. The maximum absolute atomic E-state index is 6.79. The highest BCUT2D eigenvalue weighted by atomic mass is 16.5. The molecule has 0 saturated heterocycles. The third-order valence-corrected chi connectivity index (χ3v) is 10.5. The number of aromatic nitrogens is 4. The molecule has 1 unspecified atom stereocenters. The summed E-state index contributed by atoms with van der Waals surface area (Å²) >= 11 is 0. The summed E-state index contributed by atoms with van der Waals surface area (Å²) in [6.07, 6.45) is 6.55. The van der Waals surface area contributed by atoms with Crippen LogP contribution in [-0.2, 0) is 6.42 Å². The minimum absolute atomic E-state index is 0.312. The molecule has 3 aromatic heterocycles. The average Bonchev–Trinajstić information content (AvgIpc) is 3.58. The SMILES string of the molecule is CCc1ccnc(-n2c3ccccc3c3ccc(Oc4cc(C(C)C)cc(-n5nc(C)c([C@H]6C(C)=C[C@H](C)CC6C)c5C(C)C)c4)cc32)c1. The third kappa shape index (κ3) is 5.98. The van der Waals surface area contributed by atoms with Crippen LogP contribution in [0.4, 0.5) is 0 Å². The number of nitrogens with zero attached hydrogens (tertiary/aromatic N) is 4. The van der Waals surface area contributed by atoms with E-state index in [1.807, 2.05) is 6.20 Å². The quantitative estimate of drug-likeness (QED) is 0.154. The fourth-order valence-electron chi connectivity index (χ4n) is 8.32. The Bertz CT molecular complexity index is 2200. The highest BCUT2D eigenvalue weighted by Crippen LogP contribution is 2.45. The van der Waals surface area contributed by atoms with E-state index < -0.39 is 0 Å². The number of allylic oxidation sites excluding steroid dienone is 2. The molecule has 0 radical (unpaired) electrons. The predicted molar refractivity (Wildman–Crippen MR) is 204 cm³/mol. The zero-order valence-corrected chi connectivity index (χ0v) is 30.6. The van der Waals surface area contributed by atoms with Gasteiger partial charge < -0.3 is 4.74 Å². The molecule has 0 spiro atoms. The number of rotatable bonds is 8. The Balaban J connectivity index is 1.34. The lowest BCUT2D eigenvalue weighted by molar-refractivity contribution is 0.389. The van der Waals surface area contributed by atoms with Crippen LogP contribution >= 0.6 is 0 Å². The van der Waals surface area contributed by atoms with E-state index in [2.05, 4.69) is 150 Å². The number of fused-ring (bicyclic) bond motifs is 3. The van der Waals surface area contributed by atoms with Gasteiger partial charge in [0.1, 0.15) is 17.3 Å². The molecule has 3 aromatic carbocycles. The van der Waals surface area contributed by atoms with Crippen molar-refractivity contribution in [3.63, 3.8) is 0 Å². The van der Waals surface area contributed by atoms with Crippen molar-refractivity contribution in [2.75, 3.05) is 0 Å². The summed E-state index contributed by atoms with van der Waals surface area (Å²) in [6, 6.07) is 25.9. The molecular weight excluding hydrogens is 601 g/mol. The first-order chi connectivity index (χ1) is 23.5. The second-order valence-electron chi connectivity index (χ2n) is 15.0. The van der Waals surface area contributed by atoms with Crippen LogP contribution in [0.2, 0.25) is 0 Å². The molecule has 0 fully saturated rings. The minimum atomic E-state index is 0.312. The Kier molecular flexibility index (Phi) is 8.73. The molecule has 49 heavy (non-hydrogen) atoms. The number of para-hydroxylation sites is 1. The summed E-state index contributed by atoms with van der Waals surface area (Å²) in [5.74, 6) is 4.74. The molecule has 0 bridgehead atoms. The molecular formula is C44H50N4O. The van der Waals surface area contributed by atoms with Gasteiger partial charge in [-0.15, -0.1) is 0 Å². The Morgan fingerprint density at radius 2 is 1.61 bits per heavy atom. The van der Waals surface area contributed by atoms with Gasteiger partial charge in [-0.25, -0.2) is 9.67 Å². The van der Waals surface area contributed by atoms with Crippen molar-refractivity contribution in [2.45, 2.75) is 92.9 Å². The molecule has 0 aliphatic heterocycles. The molecule has 3 atom stereocenters. The fraction of sp³-hybridized carbons (Fsp3) is 0.364. The first-order valence-electron chi connectivity index (χ1n) is 18.1. The van der Waals surface area contributed by atoms with Crippen molar-refractivity contribution in [3.8, 4) is 23.0 Å². The highest BCUT2D eigenvalue weighted by molar-refractivity contribution is 6.09. The summed E-state index contributed by atoms with van der Waals surface area (Å²) in [5, 5.41) is 7.65. The van der Waals surface area contributed by atoms with E-state index in [1.165, 1.54) is 45.2 Å². The van der Waals surface area contributed by atoms with Gasteiger partial charge in [0, 0.05) is 40.6 Å². The number of hydrogen-bond donors (Lipinski definition) is 0. The van der Waals surface area contributed by atoms with Crippen molar-refractivity contribution in [2.24, 2.45) is 11.8 Å². The summed E-state index contributed by atoms with van der Waals surface area (Å²) in [4.78, 5) is 4.81. The summed E-state index contributed by atoms with van der Waals surface area (Å²) < 4.78 is 11.3. The number of aryl methyl sites for hydroxylation is 2. The molecule has 5 heteroatoms. The van der Waals surface area contributed by atoms with Gasteiger partial charge in [0.25, 0.3) is 0 Å². The Morgan fingerprint density at radius 3 is 2.35 bits per heavy atom. The molecule has 1 aliphatic rings. The summed E-state index contributed by atoms with van der Waals surface area (Å²) in [6.45, 7) is 20.5. The van der Waals surface area contributed by atoms with Crippen LogP contribution in [0, 0.1) is 18.8 Å². The number of hydrogen-bond acceptors (Lipinski definition) is 3. The van der Waals surface area contributed by atoms with Crippen molar-refractivity contribution in [1.82, 2.24) is 19.3 Å². The number of ether oxygens (including phenoxy) is 1. The molecule has 0 amide bonds. The maximum Gasteiger partial charge on any atom is 0.137 e. The topological polar surface area (TPSA) is 44.9 Å². The Labute approximate surface area is 291 Å². The maximum atomic E-state index is 6.79. The normalized spacial score (nSPS) is 18.2. The Morgan fingerprint density at radius 1 is 0.837 bits per heavy atom. The van der Waals surface area contributed by atoms with Gasteiger partial charge in [-0.2, -0.15) is 5.10 Å². The fourth-order valence-corrected chi connectivity index (χ4v) is 8.32. The van der Waals surface area contributed by atoms with Gasteiger partial charge in [0.05, 0.1) is 28.1 Å². The first-order valence-corrected chi connectivity index (χ1v) is 18.1. The van der Waals surface area contributed by atoms with Gasteiger partial charge in [-0.3, -0.25) is 4.57 Å². The van der Waals surface area contributed by atoms with E-state index in [-0.39, 0.29) is 0 Å². The molecule has 252 valence electrons.